The second kappa shape index (κ2) is 11.1. The molecule has 1 amide bonds. The normalized spacial score (nSPS) is 11.5. The van der Waals surface area contributed by atoms with Crippen LogP contribution in [0.1, 0.15) is 36.5 Å². The molecule has 0 saturated heterocycles. The molecular formula is C30H31N3O2S. The Morgan fingerprint density at radius 3 is 2.44 bits per heavy atom. The van der Waals surface area contributed by atoms with Crippen LogP contribution in [-0.4, -0.2) is 28.7 Å². The maximum absolute atomic E-state index is 12.8. The number of phenols is 1. The number of aryl methyl sites for hydroxylation is 1. The summed E-state index contributed by atoms with van der Waals surface area (Å²) in [4.78, 5) is 14.1. The van der Waals surface area contributed by atoms with Gasteiger partial charge in [-0.1, -0.05) is 61.0 Å². The third-order valence-corrected chi connectivity index (χ3v) is 7.55. The van der Waals surface area contributed by atoms with Crippen LogP contribution in [0.4, 0.5) is 0 Å². The first-order valence-electron chi connectivity index (χ1n) is 12.6. The van der Waals surface area contributed by atoms with E-state index < -0.39 is 0 Å². The Labute approximate surface area is 215 Å². The summed E-state index contributed by atoms with van der Waals surface area (Å²) < 4.78 is 5.62. The van der Waals surface area contributed by atoms with Gasteiger partial charge in [-0.25, -0.2) is 0 Å². The number of fused-ring (bicyclic) bond motifs is 4. The van der Waals surface area contributed by atoms with Crippen molar-refractivity contribution in [2.45, 2.75) is 37.6 Å². The first-order valence-corrected chi connectivity index (χ1v) is 13.4. The Balaban J connectivity index is 1.11. The summed E-state index contributed by atoms with van der Waals surface area (Å²) in [6, 6.07) is 26.5. The number of rotatable bonds is 10. The van der Waals surface area contributed by atoms with Gasteiger partial charge in [-0.05, 0) is 60.7 Å². The molecule has 36 heavy (non-hydrogen) atoms. The van der Waals surface area contributed by atoms with Crippen LogP contribution in [0.2, 0.25) is 0 Å². The zero-order valence-corrected chi connectivity index (χ0v) is 21.3. The first kappa shape index (κ1) is 24.2. The summed E-state index contributed by atoms with van der Waals surface area (Å²) in [5, 5.41) is 18.2. The van der Waals surface area contributed by atoms with Crippen molar-refractivity contribution in [3.05, 3.63) is 84.4 Å². The Morgan fingerprint density at radius 2 is 1.58 bits per heavy atom. The molecule has 0 aliphatic carbocycles. The highest BCUT2D eigenvalue weighted by Crippen LogP contribution is 2.33. The number of nitrogens with zero attached hydrogens (tertiary/aromatic N) is 1. The second-order valence-electron chi connectivity index (χ2n) is 8.94. The highest BCUT2D eigenvalue weighted by molar-refractivity contribution is 7.97. The van der Waals surface area contributed by atoms with Gasteiger partial charge in [-0.2, -0.15) is 0 Å². The lowest BCUT2D eigenvalue weighted by Gasteiger charge is -2.09. The lowest BCUT2D eigenvalue weighted by Crippen LogP contribution is -2.24. The Kier molecular flexibility index (Phi) is 7.44. The smallest absolute Gasteiger partial charge is 0.255 e. The van der Waals surface area contributed by atoms with Crippen molar-refractivity contribution in [2.24, 2.45) is 0 Å². The number of amides is 1. The third-order valence-electron chi connectivity index (χ3n) is 6.62. The van der Waals surface area contributed by atoms with Gasteiger partial charge in [0.05, 0.1) is 11.1 Å². The molecule has 0 radical (unpaired) electrons. The van der Waals surface area contributed by atoms with E-state index in [2.05, 4.69) is 76.1 Å². The molecule has 1 heterocycles. The summed E-state index contributed by atoms with van der Waals surface area (Å²) in [6.45, 7) is 4.37. The SMILES string of the molecule is CCn1c2ccccc2c2cc(C(=O)NCCCCCNSc3cccc4ccccc34)c(O)cc21. The molecule has 0 saturated carbocycles. The summed E-state index contributed by atoms with van der Waals surface area (Å²) in [5.41, 5.74) is 2.38. The highest BCUT2D eigenvalue weighted by atomic mass is 32.2. The van der Waals surface area contributed by atoms with Crippen LogP contribution in [0.15, 0.2) is 83.8 Å². The van der Waals surface area contributed by atoms with E-state index in [9.17, 15) is 9.90 Å². The van der Waals surface area contributed by atoms with Crippen LogP contribution in [-0.2, 0) is 6.54 Å². The maximum atomic E-state index is 12.8. The number of nitrogens with one attached hydrogen (secondary N) is 2. The zero-order chi connectivity index (χ0) is 24.9. The minimum Gasteiger partial charge on any atom is -0.507 e. The number of carbonyl (C=O) groups excluding carboxylic acids is 1. The number of unbranched alkanes of at least 4 members (excludes halogenated alkanes) is 2. The summed E-state index contributed by atoms with van der Waals surface area (Å²) in [5.74, 6) is -0.209. The number of hydrogen-bond donors (Lipinski definition) is 3. The average Bonchev–Trinajstić information content (AvgIpc) is 3.21. The molecule has 0 fully saturated rings. The van der Waals surface area contributed by atoms with Crippen LogP contribution in [0.25, 0.3) is 32.6 Å². The van der Waals surface area contributed by atoms with Crippen molar-refractivity contribution in [3.8, 4) is 5.75 Å². The highest BCUT2D eigenvalue weighted by Gasteiger charge is 2.17. The molecule has 0 aliphatic rings. The molecule has 184 valence electrons. The topological polar surface area (TPSA) is 66.3 Å². The van der Waals surface area contributed by atoms with Gasteiger partial charge in [0, 0.05) is 46.9 Å². The van der Waals surface area contributed by atoms with Crippen molar-refractivity contribution >= 4 is 50.4 Å². The third kappa shape index (κ3) is 4.92. The van der Waals surface area contributed by atoms with Gasteiger partial charge in [0.15, 0.2) is 0 Å². The average molecular weight is 498 g/mol. The van der Waals surface area contributed by atoms with Crippen LogP contribution in [0, 0.1) is 0 Å². The van der Waals surface area contributed by atoms with Crippen molar-refractivity contribution in [1.29, 1.82) is 0 Å². The van der Waals surface area contributed by atoms with Crippen LogP contribution in [0.5, 0.6) is 5.75 Å². The fourth-order valence-corrected chi connectivity index (χ4v) is 5.66. The lowest BCUT2D eigenvalue weighted by atomic mass is 10.1. The zero-order valence-electron chi connectivity index (χ0n) is 20.5. The van der Waals surface area contributed by atoms with Crippen LogP contribution in [0.3, 0.4) is 0 Å². The number of hydrogen-bond acceptors (Lipinski definition) is 4. The number of aromatic nitrogens is 1. The summed E-state index contributed by atoms with van der Waals surface area (Å²) in [7, 11) is 0. The van der Waals surface area contributed by atoms with Gasteiger partial charge in [-0.3, -0.25) is 9.52 Å². The largest absolute Gasteiger partial charge is 0.507 e. The molecular weight excluding hydrogens is 466 g/mol. The number of carbonyl (C=O) groups is 1. The minimum atomic E-state index is -0.229. The van der Waals surface area contributed by atoms with Gasteiger partial charge in [-0.15, -0.1) is 0 Å². The molecule has 0 spiro atoms. The minimum absolute atomic E-state index is 0.0205. The quantitative estimate of drug-likeness (QED) is 0.145. The van der Waals surface area contributed by atoms with Gasteiger partial charge in [0.1, 0.15) is 5.75 Å². The maximum Gasteiger partial charge on any atom is 0.255 e. The lowest BCUT2D eigenvalue weighted by molar-refractivity contribution is 0.0950. The number of aromatic hydroxyl groups is 1. The van der Waals surface area contributed by atoms with Crippen LogP contribution >= 0.6 is 11.9 Å². The van der Waals surface area contributed by atoms with Crippen molar-refractivity contribution in [1.82, 2.24) is 14.6 Å². The molecule has 0 atom stereocenters. The first-order chi connectivity index (χ1) is 17.7. The van der Waals surface area contributed by atoms with Crippen molar-refractivity contribution in [2.75, 3.05) is 13.1 Å². The standard InChI is InChI=1S/C30H31N3O2S/c1-2-33-26-15-7-6-14-23(26)24-19-25(28(34)20-27(24)33)30(35)31-17-8-3-9-18-32-36-29-16-10-12-21-11-4-5-13-22(21)29/h4-7,10-16,19-20,32,34H,2-3,8-9,17-18H2,1H3,(H,31,35). The summed E-state index contributed by atoms with van der Waals surface area (Å²) in [6.07, 6.45) is 2.93. The van der Waals surface area contributed by atoms with Crippen molar-refractivity contribution in [3.63, 3.8) is 0 Å². The number of phenolic OH excluding ortho intramolecular Hbond substituents is 1. The molecule has 4 aromatic carbocycles. The van der Waals surface area contributed by atoms with Gasteiger partial charge < -0.3 is 15.0 Å². The van der Waals surface area contributed by atoms with E-state index in [0.29, 0.717) is 12.1 Å². The molecule has 1 aromatic heterocycles. The predicted molar refractivity (Wildman–Crippen MR) is 151 cm³/mol. The van der Waals surface area contributed by atoms with Gasteiger partial charge in [0.25, 0.3) is 5.91 Å². The van der Waals surface area contributed by atoms with Gasteiger partial charge >= 0.3 is 0 Å². The molecule has 5 rings (SSSR count). The molecule has 0 bridgehead atoms. The number of benzene rings is 4. The second-order valence-corrected chi connectivity index (χ2v) is 9.87. The van der Waals surface area contributed by atoms with Crippen LogP contribution < -0.4 is 10.0 Å². The van der Waals surface area contributed by atoms with Crippen molar-refractivity contribution < 1.29 is 9.90 Å². The van der Waals surface area contributed by atoms with E-state index in [1.807, 2.05) is 18.2 Å². The molecule has 5 aromatic rings. The van der Waals surface area contributed by atoms with E-state index in [1.165, 1.54) is 15.7 Å². The van der Waals surface area contributed by atoms with E-state index in [4.69, 9.17) is 0 Å². The van der Waals surface area contributed by atoms with E-state index >= 15 is 0 Å². The fraction of sp³-hybridized carbons (Fsp3) is 0.233. The molecule has 6 heteroatoms. The number of para-hydroxylation sites is 1. The molecule has 5 nitrogen and oxygen atoms in total. The Bertz CT molecular complexity index is 1520. The monoisotopic (exact) mass is 497 g/mol. The van der Waals surface area contributed by atoms with E-state index in [0.717, 1.165) is 54.2 Å². The van der Waals surface area contributed by atoms with Gasteiger partial charge in [0.2, 0.25) is 0 Å². The Morgan fingerprint density at radius 1 is 0.833 bits per heavy atom. The van der Waals surface area contributed by atoms with E-state index in [1.54, 1.807) is 18.0 Å². The predicted octanol–water partition coefficient (Wildman–Crippen LogP) is 6.87. The molecule has 3 N–H and O–H groups in total. The fourth-order valence-electron chi connectivity index (χ4n) is 4.81. The molecule has 0 unspecified atom stereocenters. The summed E-state index contributed by atoms with van der Waals surface area (Å²) >= 11 is 1.67. The van der Waals surface area contributed by atoms with E-state index in [-0.39, 0.29) is 11.7 Å². The molecule has 0 aliphatic heterocycles. The Hall–Kier alpha value is -3.48.